The molecule has 0 saturated heterocycles. The van der Waals surface area contributed by atoms with Gasteiger partial charge in [0.05, 0.1) is 7.05 Å². The molecule has 0 N–H and O–H groups in total. The first-order valence-electron chi connectivity index (χ1n) is 4.56. The SMILES string of the molecule is CC1C(n2cc[n+](C)c2)C1(C)C. The van der Waals surface area contributed by atoms with Crippen molar-refractivity contribution in [3.05, 3.63) is 18.7 Å². The van der Waals surface area contributed by atoms with Crippen LogP contribution in [0.15, 0.2) is 18.7 Å². The van der Waals surface area contributed by atoms with E-state index in [0.29, 0.717) is 11.5 Å². The first-order valence-corrected chi connectivity index (χ1v) is 4.56. The lowest BCUT2D eigenvalue weighted by atomic mass is 10.1. The van der Waals surface area contributed by atoms with Gasteiger partial charge in [0.1, 0.15) is 18.4 Å². The molecule has 0 radical (unpaired) electrons. The largest absolute Gasteiger partial charge is 0.243 e. The number of aryl methyl sites for hydroxylation is 1. The summed E-state index contributed by atoms with van der Waals surface area (Å²) in [5, 5.41) is 0. The van der Waals surface area contributed by atoms with Gasteiger partial charge in [0.15, 0.2) is 0 Å². The highest BCUT2D eigenvalue weighted by Crippen LogP contribution is 2.61. The summed E-state index contributed by atoms with van der Waals surface area (Å²) in [4.78, 5) is 0. The second-order valence-electron chi connectivity index (χ2n) is 4.58. The molecule has 1 saturated carbocycles. The Bertz CT molecular complexity index is 299. The summed E-state index contributed by atoms with van der Waals surface area (Å²) >= 11 is 0. The van der Waals surface area contributed by atoms with Gasteiger partial charge in [0.2, 0.25) is 6.33 Å². The Morgan fingerprint density at radius 2 is 2.00 bits per heavy atom. The van der Waals surface area contributed by atoms with Crippen LogP contribution in [0.3, 0.4) is 0 Å². The highest BCUT2D eigenvalue weighted by molar-refractivity contribution is 5.07. The molecule has 2 unspecified atom stereocenters. The Labute approximate surface area is 73.8 Å². The Balaban J connectivity index is 2.24. The summed E-state index contributed by atoms with van der Waals surface area (Å²) in [7, 11) is 2.07. The molecule has 2 rings (SSSR count). The fourth-order valence-electron chi connectivity index (χ4n) is 2.14. The van der Waals surface area contributed by atoms with Gasteiger partial charge < -0.3 is 0 Å². The quantitative estimate of drug-likeness (QED) is 0.558. The van der Waals surface area contributed by atoms with E-state index in [2.05, 4.69) is 55.7 Å². The summed E-state index contributed by atoms with van der Waals surface area (Å²) in [6.45, 7) is 7.00. The third-order valence-corrected chi connectivity index (χ3v) is 3.41. The minimum absolute atomic E-state index is 0.492. The van der Waals surface area contributed by atoms with Gasteiger partial charge in [0.25, 0.3) is 0 Å². The van der Waals surface area contributed by atoms with Crippen LogP contribution in [0.5, 0.6) is 0 Å². The number of hydrogen-bond acceptors (Lipinski definition) is 0. The summed E-state index contributed by atoms with van der Waals surface area (Å²) in [5.74, 6) is 0.810. The number of hydrogen-bond donors (Lipinski definition) is 0. The maximum absolute atomic E-state index is 2.34. The molecule has 0 amide bonds. The van der Waals surface area contributed by atoms with Crippen LogP contribution < -0.4 is 4.57 Å². The predicted octanol–water partition coefficient (Wildman–Crippen LogP) is 1.53. The van der Waals surface area contributed by atoms with Crippen molar-refractivity contribution in [2.45, 2.75) is 26.8 Å². The zero-order valence-electron chi connectivity index (χ0n) is 8.28. The minimum atomic E-state index is 0.492. The fraction of sp³-hybridized carbons (Fsp3) is 0.700. The Morgan fingerprint density at radius 3 is 2.33 bits per heavy atom. The molecule has 2 atom stereocenters. The minimum Gasteiger partial charge on any atom is -0.240 e. The van der Waals surface area contributed by atoms with Crippen LogP contribution in [0, 0.1) is 11.3 Å². The van der Waals surface area contributed by atoms with Crippen LogP contribution in [0.1, 0.15) is 26.8 Å². The van der Waals surface area contributed by atoms with Gasteiger partial charge in [0, 0.05) is 11.3 Å². The molecule has 66 valence electrons. The molecular weight excluding hydrogens is 148 g/mol. The number of aromatic nitrogens is 2. The molecule has 1 heterocycles. The second-order valence-corrected chi connectivity index (χ2v) is 4.58. The molecule has 2 heteroatoms. The van der Waals surface area contributed by atoms with Gasteiger partial charge in [-0.15, -0.1) is 0 Å². The van der Waals surface area contributed by atoms with Gasteiger partial charge in [-0.05, 0) is 0 Å². The van der Waals surface area contributed by atoms with E-state index in [9.17, 15) is 0 Å². The lowest BCUT2D eigenvalue weighted by molar-refractivity contribution is -0.671. The van der Waals surface area contributed by atoms with Gasteiger partial charge in [-0.2, -0.15) is 0 Å². The number of rotatable bonds is 1. The van der Waals surface area contributed by atoms with Crippen molar-refractivity contribution in [3.8, 4) is 0 Å². The summed E-state index contributed by atoms with van der Waals surface area (Å²) in [6, 6.07) is 0.707. The number of imidazole rings is 1. The molecule has 1 aromatic rings. The van der Waals surface area contributed by atoms with Crippen molar-refractivity contribution in [1.29, 1.82) is 0 Å². The van der Waals surface area contributed by atoms with Crippen molar-refractivity contribution in [3.63, 3.8) is 0 Å². The molecule has 0 aromatic carbocycles. The van der Waals surface area contributed by atoms with Crippen LogP contribution >= 0.6 is 0 Å². The van der Waals surface area contributed by atoms with Crippen LogP contribution in [0.25, 0.3) is 0 Å². The molecule has 0 bridgehead atoms. The highest BCUT2D eigenvalue weighted by Gasteiger charge is 2.59. The van der Waals surface area contributed by atoms with E-state index in [1.54, 1.807) is 0 Å². The van der Waals surface area contributed by atoms with Crippen molar-refractivity contribution in [1.82, 2.24) is 4.57 Å². The maximum atomic E-state index is 2.34. The average Bonchev–Trinajstić information content (AvgIpc) is 2.38. The van der Waals surface area contributed by atoms with Gasteiger partial charge in [-0.1, -0.05) is 20.8 Å². The van der Waals surface area contributed by atoms with E-state index in [-0.39, 0.29) is 0 Å². The first-order chi connectivity index (χ1) is 5.53. The topological polar surface area (TPSA) is 8.81 Å². The predicted molar refractivity (Wildman–Crippen MR) is 47.6 cm³/mol. The smallest absolute Gasteiger partial charge is 0.240 e. The maximum Gasteiger partial charge on any atom is 0.243 e. The van der Waals surface area contributed by atoms with E-state index >= 15 is 0 Å². The Hall–Kier alpha value is -0.790. The molecule has 1 aliphatic carbocycles. The first kappa shape index (κ1) is 7.84. The molecule has 1 aliphatic rings. The second kappa shape index (κ2) is 2.12. The van der Waals surface area contributed by atoms with E-state index in [1.165, 1.54) is 0 Å². The van der Waals surface area contributed by atoms with E-state index in [4.69, 9.17) is 0 Å². The van der Waals surface area contributed by atoms with Crippen molar-refractivity contribution in [2.24, 2.45) is 18.4 Å². The number of nitrogens with zero attached hydrogens (tertiary/aromatic N) is 2. The summed E-state index contributed by atoms with van der Waals surface area (Å²) in [5.41, 5.74) is 0.492. The van der Waals surface area contributed by atoms with Crippen molar-refractivity contribution < 1.29 is 4.57 Å². The third kappa shape index (κ3) is 0.904. The Morgan fingerprint density at radius 1 is 1.42 bits per heavy atom. The van der Waals surface area contributed by atoms with E-state index < -0.39 is 0 Å². The summed E-state index contributed by atoms with van der Waals surface area (Å²) < 4.78 is 4.42. The zero-order chi connectivity index (χ0) is 8.93. The molecule has 1 aromatic heterocycles. The van der Waals surface area contributed by atoms with E-state index in [0.717, 1.165) is 5.92 Å². The van der Waals surface area contributed by atoms with Crippen LogP contribution in [-0.2, 0) is 7.05 Å². The lowest BCUT2D eigenvalue weighted by Gasteiger charge is -1.96. The Kier molecular flexibility index (Phi) is 1.39. The fourth-order valence-corrected chi connectivity index (χ4v) is 2.14. The molecular formula is C10H17N2+. The monoisotopic (exact) mass is 165 g/mol. The standard InChI is InChI=1S/C10H17N2/c1-8-9(10(8,2)3)12-6-5-11(4)7-12/h5-9H,1-4H3/q+1. The van der Waals surface area contributed by atoms with Crippen LogP contribution in [-0.4, -0.2) is 4.57 Å². The van der Waals surface area contributed by atoms with Crippen molar-refractivity contribution in [2.75, 3.05) is 0 Å². The lowest BCUT2D eigenvalue weighted by Crippen LogP contribution is -2.23. The van der Waals surface area contributed by atoms with Crippen molar-refractivity contribution >= 4 is 0 Å². The highest BCUT2D eigenvalue weighted by atomic mass is 15.2. The van der Waals surface area contributed by atoms with E-state index in [1.807, 2.05) is 0 Å². The molecule has 1 fully saturated rings. The van der Waals surface area contributed by atoms with Gasteiger partial charge >= 0.3 is 0 Å². The molecule has 0 spiro atoms. The normalized spacial score (nSPS) is 32.0. The summed E-state index contributed by atoms with van der Waals surface area (Å²) in [6.07, 6.45) is 6.42. The van der Waals surface area contributed by atoms with Crippen LogP contribution in [0.4, 0.5) is 0 Å². The van der Waals surface area contributed by atoms with Gasteiger partial charge in [-0.3, -0.25) is 0 Å². The third-order valence-electron chi connectivity index (χ3n) is 3.41. The molecule has 0 aliphatic heterocycles. The average molecular weight is 165 g/mol. The molecule has 12 heavy (non-hydrogen) atoms. The van der Waals surface area contributed by atoms with Gasteiger partial charge in [-0.25, -0.2) is 9.13 Å². The molecule has 2 nitrogen and oxygen atoms in total. The zero-order valence-corrected chi connectivity index (χ0v) is 8.28. The van der Waals surface area contributed by atoms with Crippen LogP contribution in [0.2, 0.25) is 0 Å².